The highest BCUT2D eigenvalue weighted by Crippen LogP contribution is 2.26. The molecule has 2 aliphatic heterocycles. The van der Waals surface area contributed by atoms with Crippen molar-refractivity contribution in [1.82, 2.24) is 19.9 Å². The van der Waals surface area contributed by atoms with E-state index in [-0.39, 0.29) is 0 Å². The standard InChI is InChI=1S/C38H32N7/c1-25-12-18-43(19-13-25)36-30-6-4-28(39-30)24-29-5-7-31(40-29)37(44-20-14-26(2)15-21-44)33-9-11-35(42-33)38(34-10-8-32(36)41-34)45-22-16-27(3)17-23-45/h4-24,39,42H,1-3H3/q+3. The van der Waals surface area contributed by atoms with Gasteiger partial charge in [-0.3, -0.25) is 0 Å². The lowest BCUT2D eigenvalue weighted by Crippen LogP contribution is -2.31. The molecule has 6 aromatic heterocycles. The van der Waals surface area contributed by atoms with Gasteiger partial charge in [0.1, 0.15) is 33.6 Å². The monoisotopic (exact) mass is 586 g/mol. The van der Waals surface area contributed by atoms with Crippen molar-refractivity contribution in [2.45, 2.75) is 20.8 Å². The molecule has 8 rings (SSSR count). The summed E-state index contributed by atoms with van der Waals surface area (Å²) in [5.41, 5.74) is 13.8. The molecule has 2 aliphatic rings. The summed E-state index contributed by atoms with van der Waals surface area (Å²) in [6, 6.07) is 23.2. The molecule has 45 heavy (non-hydrogen) atoms. The van der Waals surface area contributed by atoms with E-state index in [1.807, 2.05) is 0 Å². The van der Waals surface area contributed by atoms with E-state index in [0.29, 0.717) is 0 Å². The highest BCUT2D eigenvalue weighted by atomic mass is 15.0. The largest absolute Gasteiger partial charge is 0.350 e. The first-order valence-corrected chi connectivity index (χ1v) is 15.1. The van der Waals surface area contributed by atoms with E-state index in [4.69, 9.17) is 9.97 Å². The molecule has 7 nitrogen and oxygen atoms in total. The van der Waals surface area contributed by atoms with Crippen molar-refractivity contribution in [3.63, 3.8) is 0 Å². The van der Waals surface area contributed by atoms with Crippen LogP contribution in [0.25, 0.3) is 63.4 Å². The van der Waals surface area contributed by atoms with Crippen LogP contribution in [0.5, 0.6) is 0 Å². The van der Waals surface area contributed by atoms with Crippen molar-refractivity contribution in [2.75, 3.05) is 0 Å². The van der Waals surface area contributed by atoms with Crippen molar-refractivity contribution in [1.29, 1.82) is 0 Å². The number of hydrogen-bond donors (Lipinski definition) is 2. The summed E-state index contributed by atoms with van der Waals surface area (Å²) in [6.45, 7) is 6.30. The SMILES string of the molecule is Cc1cc[n+](-c2c3nc(c(-[n+]4ccc(C)cc4)c4ccc([nH]4)c(-[n+]4ccc(C)cc4)c4nc(cc5ccc2[nH]5)C=C4)C=C3)cc1. The lowest BCUT2D eigenvalue weighted by Gasteiger charge is -2.00. The first kappa shape index (κ1) is 26.7. The second-order valence-corrected chi connectivity index (χ2v) is 11.6. The van der Waals surface area contributed by atoms with Crippen LogP contribution in [-0.2, 0) is 0 Å². The van der Waals surface area contributed by atoms with Crippen LogP contribution in [0.15, 0.2) is 104 Å². The van der Waals surface area contributed by atoms with E-state index in [2.05, 4.69) is 173 Å². The van der Waals surface area contributed by atoms with Gasteiger partial charge in [-0.15, -0.1) is 0 Å². The molecule has 2 N–H and O–H groups in total. The van der Waals surface area contributed by atoms with Crippen LogP contribution in [0.2, 0.25) is 0 Å². The average molecular weight is 587 g/mol. The molecule has 0 aromatic carbocycles. The highest BCUT2D eigenvalue weighted by Gasteiger charge is 2.24. The first-order valence-electron chi connectivity index (χ1n) is 15.1. The molecular formula is C38H32N7+3. The van der Waals surface area contributed by atoms with Crippen LogP contribution in [0.3, 0.4) is 0 Å². The Balaban J connectivity index is 1.52. The second kappa shape index (κ2) is 10.6. The second-order valence-electron chi connectivity index (χ2n) is 11.6. The number of rotatable bonds is 3. The van der Waals surface area contributed by atoms with Crippen LogP contribution in [0, 0.1) is 20.8 Å². The Bertz CT molecular complexity index is 2280. The molecule has 0 spiro atoms. The number of H-pyrrole nitrogens is 2. The maximum absolute atomic E-state index is 5.28. The minimum Gasteiger partial charge on any atom is -0.350 e. The topological polar surface area (TPSA) is 69.0 Å². The summed E-state index contributed by atoms with van der Waals surface area (Å²) >= 11 is 0. The van der Waals surface area contributed by atoms with Crippen LogP contribution >= 0.6 is 0 Å². The zero-order valence-electron chi connectivity index (χ0n) is 25.4. The third kappa shape index (κ3) is 4.94. The Morgan fingerprint density at radius 2 is 0.844 bits per heavy atom. The number of aromatic amines is 2. The molecule has 8 bridgehead atoms. The fraction of sp³-hybridized carbons (Fsp3) is 0.0789. The molecule has 0 aliphatic carbocycles. The fourth-order valence-corrected chi connectivity index (χ4v) is 5.86. The van der Waals surface area contributed by atoms with Crippen molar-refractivity contribution in [3.05, 3.63) is 143 Å². The summed E-state index contributed by atoms with van der Waals surface area (Å²) < 4.78 is 6.39. The quantitative estimate of drug-likeness (QED) is 0.235. The minimum absolute atomic E-state index is 0.862. The van der Waals surface area contributed by atoms with E-state index in [1.54, 1.807) is 0 Å². The van der Waals surface area contributed by atoms with Gasteiger partial charge in [-0.25, -0.2) is 9.97 Å². The van der Waals surface area contributed by atoms with Crippen molar-refractivity contribution < 1.29 is 13.7 Å². The molecule has 7 heteroatoms. The Morgan fingerprint density at radius 1 is 0.444 bits per heavy atom. The predicted octanol–water partition coefficient (Wildman–Crippen LogP) is 6.41. The molecule has 0 amide bonds. The number of aromatic nitrogens is 7. The molecule has 216 valence electrons. The number of hydrogen-bond acceptors (Lipinski definition) is 2. The molecule has 0 fully saturated rings. The Hall–Kier alpha value is -5.95. The summed E-state index contributed by atoms with van der Waals surface area (Å²) in [4.78, 5) is 17.7. The van der Waals surface area contributed by atoms with Gasteiger partial charge in [-0.1, -0.05) is 0 Å². The molecule has 0 saturated carbocycles. The predicted molar refractivity (Wildman–Crippen MR) is 178 cm³/mol. The van der Waals surface area contributed by atoms with E-state index < -0.39 is 0 Å². The van der Waals surface area contributed by atoms with Gasteiger partial charge in [0.15, 0.2) is 37.2 Å². The number of nitrogens with zero attached hydrogens (tertiary/aromatic N) is 5. The number of pyridine rings is 3. The van der Waals surface area contributed by atoms with Crippen LogP contribution in [-0.4, -0.2) is 19.9 Å². The van der Waals surface area contributed by atoms with Crippen LogP contribution in [0.1, 0.15) is 39.5 Å². The third-order valence-electron chi connectivity index (χ3n) is 8.26. The molecule has 0 radical (unpaired) electrons. The number of nitrogens with one attached hydrogen (secondary N) is 2. The summed E-state index contributed by atoms with van der Waals surface area (Å²) in [5, 5.41) is 0. The van der Waals surface area contributed by atoms with Crippen LogP contribution in [0.4, 0.5) is 0 Å². The smallest absolute Gasteiger partial charge is 0.260 e. The first-order chi connectivity index (χ1) is 22.0. The van der Waals surface area contributed by atoms with Gasteiger partial charge >= 0.3 is 0 Å². The van der Waals surface area contributed by atoms with E-state index in [0.717, 1.165) is 61.9 Å². The summed E-state index contributed by atoms with van der Waals surface area (Å²) in [7, 11) is 0. The summed E-state index contributed by atoms with van der Waals surface area (Å²) in [5.74, 6) is 0. The van der Waals surface area contributed by atoms with Gasteiger partial charge in [0.05, 0.1) is 5.69 Å². The van der Waals surface area contributed by atoms with Gasteiger partial charge in [-0.2, -0.15) is 13.7 Å². The lowest BCUT2D eigenvalue weighted by molar-refractivity contribution is -0.595. The van der Waals surface area contributed by atoms with E-state index >= 15 is 0 Å². The molecule has 0 atom stereocenters. The van der Waals surface area contributed by atoms with Crippen molar-refractivity contribution in [3.8, 4) is 17.1 Å². The average Bonchev–Trinajstić information content (AvgIpc) is 3.87. The van der Waals surface area contributed by atoms with Crippen molar-refractivity contribution in [2.24, 2.45) is 0 Å². The Kier molecular flexibility index (Phi) is 6.31. The molecule has 6 aromatic rings. The van der Waals surface area contributed by atoms with Gasteiger partial charge < -0.3 is 9.97 Å². The lowest BCUT2D eigenvalue weighted by atomic mass is 10.2. The Morgan fingerprint density at radius 3 is 1.33 bits per heavy atom. The maximum atomic E-state index is 5.28. The number of aryl methyl sites for hydroxylation is 3. The third-order valence-corrected chi connectivity index (χ3v) is 8.26. The van der Waals surface area contributed by atoms with E-state index in [1.165, 1.54) is 16.7 Å². The number of fused-ring (bicyclic) bond motifs is 8. The van der Waals surface area contributed by atoms with Gasteiger partial charge in [0.2, 0.25) is 0 Å². The molecule has 0 unspecified atom stereocenters. The van der Waals surface area contributed by atoms with E-state index in [9.17, 15) is 0 Å². The van der Waals surface area contributed by atoms with Gasteiger partial charge in [0.25, 0.3) is 17.1 Å². The van der Waals surface area contributed by atoms with Gasteiger partial charge in [-0.05, 0) is 92.1 Å². The molecule has 0 saturated heterocycles. The minimum atomic E-state index is 0.862. The summed E-state index contributed by atoms with van der Waals surface area (Å²) in [6.07, 6.45) is 20.9. The highest BCUT2D eigenvalue weighted by molar-refractivity contribution is 5.85. The maximum Gasteiger partial charge on any atom is 0.260 e. The van der Waals surface area contributed by atoms with Gasteiger partial charge in [0, 0.05) is 41.9 Å². The zero-order chi connectivity index (χ0) is 30.5. The Labute approximate surface area is 260 Å². The molecule has 8 heterocycles. The van der Waals surface area contributed by atoms with Crippen molar-refractivity contribution >= 4 is 46.4 Å². The normalized spacial score (nSPS) is 12.2. The fourth-order valence-electron chi connectivity index (χ4n) is 5.86. The van der Waals surface area contributed by atoms with Crippen LogP contribution < -0.4 is 13.7 Å². The zero-order valence-corrected chi connectivity index (χ0v) is 25.4. The molecular weight excluding hydrogens is 554 g/mol.